The van der Waals surface area contributed by atoms with Crippen LogP contribution in [0.1, 0.15) is 25.7 Å². The van der Waals surface area contributed by atoms with Crippen molar-refractivity contribution in [3.63, 3.8) is 0 Å². The molecule has 0 aromatic carbocycles. The van der Waals surface area contributed by atoms with E-state index in [-0.39, 0.29) is 5.82 Å². The Bertz CT molecular complexity index is 702. The van der Waals surface area contributed by atoms with E-state index < -0.39 is 4.92 Å². The number of piperidine rings is 1. The molecule has 0 amide bonds. The molecule has 2 aromatic heterocycles. The van der Waals surface area contributed by atoms with Gasteiger partial charge in [0.05, 0.1) is 0 Å². The Morgan fingerprint density at radius 1 is 1.23 bits per heavy atom. The van der Waals surface area contributed by atoms with Crippen LogP contribution in [-0.4, -0.2) is 49.6 Å². The first kappa shape index (κ1) is 13.4. The van der Waals surface area contributed by atoms with Gasteiger partial charge in [0.1, 0.15) is 6.20 Å². The number of anilines is 1. The lowest BCUT2D eigenvalue weighted by Crippen LogP contribution is -2.40. The summed E-state index contributed by atoms with van der Waals surface area (Å²) in [5.41, 5.74) is 0.487. The van der Waals surface area contributed by atoms with Crippen LogP contribution in [0.3, 0.4) is 0 Å². The van der Waals surface area contributed by atoms with Gasteiger partial charge in [0.2, 0.25) is 5.65 Å². The molecule has 0 radical (unpaired) electrons. The van der Waals surface area contributed by atoms with E-state index in [1.807, 2.05) is 6.07 Å². The highest BCUT2D eigenvalue weighted by molar-refractivity contribution is 5.48. The maximum Gasteiger partial charge on any atom is 0.368 e. The van der Waals surface area contributed by atoms with Crippen molar-refractivity contribution in [2.24, 2.45) is 0 Å². The summed E-state index contributed by atoms with van der Waals surface area (Å²) < 4.78 is 1.28. The number of imidazole rings is 1. The molecule has 8 nitrogen and oxygen atoms in total. The number of likely N-dealkylation sites (tertiary alicyclic amines) is 1. The average molecular weight is 302 g/mol. The summed E-state index contributed by atoms with van der Waals surface area (Å²) in [5.74, 6) is 0.556. The average Bonchev–Trinajstić information content (AvgIpc) is 3.27. The van der Waals surface area contributed by atoms with Gasteiger partial charge in [0, 0.05) is 31.2 Å². The van der Waals surface area contributed by atoms with Crippen LogP contribution >= 0.6 is 0 Å². The lowest BCUT2D eigenvalue weighted by molar-refractivity contribution is -0.391. The number of nitrogens with one attached hydrogen (secondary N) is 1. The van der Waals surface area contributed by atoms with Crippen molar-refractivity contribution >= 4 is 17.3 Å². The van der Waals surface area contributed by atoms with Gasteiger partial charge in [-0.3, -0.25) is 0 Å². The van der Waals surface area contributed by atoms with Gasteiger partial charge in [0.15, 0.2) is 5.82 Å². The first-order valence-corrected chi connectivity index (χ1v) is 7.70. The van der Waals surface area contributed by atoms with Crippen molar-refractivity contribution in [2.75, 3.05) is 18.4 Å². The minimum Gasteiger partial charge on any atom is -0.364 e. The van der Waals surface area contributed by atoms with E-state index in [9.17, 15) is 10.1 Å². The van der Waals surface area contributed by atoms with Gasteiger partial charge in [-0.2, -0.15) is 0 Å². The van der Waals surface area contributed by atoms with Crippen LogP contribution in [0.4, 0.5) is 11.6 Å². The van der Waals surface area contributed by atoms with E-state index in [0.717, 1.165) is 32.0 Å². The first-order chi connectivity index (χ1) is 10.7. The van der Waals surface area contributed by atoms with E-state index in [4.69, 9.17) is 0 Å². The van der Waals surface area contributed by atoms with Gasteiger partial charge in [-0.05, 0) is 36.7 Å². The lowest BCUT2D eigenvalue weighted by atomic mass is 10.1. The van der Waals surface area contributed by atoms with E-state index in [1.165, 1.54) is 23.6 Å². The van der Waals surface area contributed by atoms with Crippen molar-refractivity contribution in [2.45, 2.75) is 37.8 Å². The molecular formula is C14H18N6O2. The summed E-state index contributed by atoms with van der Waals surface area (Å²) >= 11 is 0. The maximum atomic E-state index is 11.0. The van der Waals surface area contributed by atoms with Crippen LogP contribution in [0.25, 0.3) is 5.65 Å². The number of fused-ring (bicyclic) bond motifs is 1. The Hall–Kier alpha value is -2.22. The predicted molar refractivity (Wildman–Crippen MR) is 80.9 cm³/mol. The van der Waals surface area contributed by atoms with Crippen molar-refractivity contribution in [1.29, 1.82) is 0 Å². The Balaban J connectivity index is 1.47. The normalized spacial score (nSPS) is 20.4. The number of nitrogens with zero attached hydrogens (tertiary/aromatic N) is 5. The quantitative estimate of drug-likeness (QED) is 0.683. The van der Waals surface area contributed by atoms with Crippen LogP contribution in [0.5, 0.6) is 0 Å². The number of hydrogen-bond donors (Lipinski definition) is 1. The fourth-order valence-corrected chi connectivity index (χ4v) is 3.12. The third-order valence-corrected chi connectivity index (χ3v) is 4.48. The lowest BCUT2D eigenvalue weighted by Gasteiger charge is -2.32. The van der Waals surface area contributed by atoms with E-state index in [1.54, 1.807) is 6.07 Å². The van der Waals surface area contributed by atoms with Crippen LogP contribution < -0.4 is 5.32 Å². The summed E-state index contributed by atoms with van der Waals surface area (Å²) in [6.45, 7) is 2.24. The Morgan fingerprint density at radius 3 is 2.68 bits per heavy atom. The largest absolute Gasteiger partial charge is 0.368 e. The highest BCUT2D eigenvalue weighted by Crippen LogP contribution is 2.29. The van der Waals surface area contributed by atoms with Crippen LogP contribution in [-0.2, 0) is 0 Å². The van der Waals surface area contributed by atoms with Gasteiger partial charge in [-0.25, -0.2) is 4.98 Å². The Labute approximate surface area is 127 Å². The minimum absolute atomic E-state index is 0.109. The van der Waals surface area contributed by atoms with Gasteiger partial charge in [-0.1, -0.05) is 9.61 Å². The zero-order chi connectivity index (χ0) is 15.1. The van der Waals surface area contributed by atoms with Gasteiger partial charge in [0.25, 0.3) is 0 Å². The minimum atomic E-state index is -0.467. The molecule has 1 N–H and O–H groups in total. The summed E-state index contributed by atoms with van der Waals surface area (Å²) in [5, 5.41) is 18.7. The molecule has 4 rings (SSSR count). The first-order valence-electron chi connectivity index (χ1n) is 7.70. The zero-order valence-electron chi connectivity index (χ0n) is 12.2. The standard InChI is InChI=1S/C14H18N6O2/c21-20(22)14-9-15-13-4-3-12(17-19(13)14)16-10-5-7-18(8-6-10)11-1-2-11/h3-4,9-11H,1-2,5-8H2,(H,16,17). The van der Waals surface area contributed by atoms with Gasteiger partial charge in [-0.15, -0.1) is 0 Å². The number of nitro groups is 1. The molecule has 2 aliphatic rings. The molecule has 0 bridgehead atoms. The molecule has 0 spiro atoms. The van der Waals surface area contributed by atoms with E-state index >= 15 is 0 Å². The second-order valence-corrected chi connectivity index (χ2v) is 6.05. The summed E-state index contributed by atoms with van der Waals surface area (Å²) in [7, 11) is 0. The zero-order valence-corrected chi connectivity index (χ0v) is 12.2. The summed E-state index contributed by atoms with van der Waals surface area (Å²) in [4.78, 5) is 17.0. The molecule has 1 saturated heterocycles. The Morgan fingerprint density at radius 2 is 2.00 bits per heavy atom. The van der Waals surface area contributed by atoms with E-state index in [2.05, 4.69) is 20.3 Å². The Kier molecular flexibility index (Phi) is 3.18. The summed E-state index contributed by atoms with van der Waals surface area (Å²) in [6, 6.07) is 4.78. The molecule has 3 heterocycles. The fraction of sp³-hybridized carbons (Fsp3) is 0.571. The molecular weight excluding hydrogens is 284 g/mol. The maximum absolute atomic E-state index is 11.0. The second kappa shape index (κ2) is 5.20. The molecule has 0 unspecified atom stereocenters. The van der Waals surface area contributed by atoms with Crippen LogP contribution in [0, 0.1) is 10.1 Å². The number of rotatable bonds is 4. The number of aromatic nitrogens is 3. The van der Waals surface area contributed by atoms with Crippen LogP contribution in [0.2, 0.25) is 0 Å². The third kappa shape index (κ3) is 2.50. The molecule has 1 aliphatic heterocycles. The second-order valence-electron chi connectivity index (χ2n) is 6.05. The molecule has 1 aliphatic carbocycles. The smallest absolute Gasteiger partial charge is 0.364 e. The third-order valence-electron chi connectivity index (χ3n) is 4.48. The number of hydrogen-bond acceptors (Lipinski definition) is 6. The van der Waals surface area contributed by atoms with Crippen molar-refractivity contribution in [3.8, 4) is 0 Å². The van der Waals surface area contributed by atoms with Crippen molar-refractivity contribution in [1.82, 2.24) is 19.5 Å². The SMILES string of the molecule is O=[N+]([O-])c1cnc2ccc(NC3CCN(C4CC4)CC3)nn12. The summed E-state index contributed by atoms with van der Waals surface area (Å²) in [6.07, 6.45) is 6.10. The van der Waals surface area contributed by atoms with Crippen molar-refractivity contribution in [3.05, 3.63) is 28.4 Å². The van der Waals surface area contributed by atoms with Gasteiger partial charge < -0.3 is 20.3 Å². The molecule has 116 valence electrons. The fourth-order valence-electron chi connectivity index (χ4n) is 3.12. The molecule has 1 saturated carbocycles. The topological polar surface area (TPSA) is 88.6 Å². The molecule has 8 heteroatoms. The van der Waals surface area contributed by atoms with Crippen molar-refractivity contribution < 1.29 is 4.92 Å². The molecule has 2 fully saturated rings. The highest BCUT2D eigenvalue weighted by Gasteiger charge is 2.31. The van der Waals surface area contributed by atoms with Gasteiger partial charge >= 0.3 is 5.82 Å². The predicted octanol–water partition coefficient (Wildman–Crippen LogP) is 1.68. The molecule has 0 atom stereocenters. The monoisotopic (exact) mass is 302 g/mol. The van der Waals surface area contributed by atoms with Crippen LogP contribution in [0.15, 0.2) is 18.3 Å². The molecule has 2 aromatic rings. The highest BCUT2D eigenvalue weighted by atomic mass is 16.6. The van der Waals surface area contributed by atoms with E-state index in [0.29, 0.717) is 17.5 Å². The molecule has 22 heavy (non-hydrogen) atoms.